The molecule has 0 fully saturated rings. The van der Waals surface area contributed by atoms with Crippen LogP contribution in [0.1, 0.15) is 27.2 Å². The Labute approximate surface area is 119 Å². The lowest BCUT2D eigenvalue weighted by Crippen LogP contribution is -2.19. The number of hydrogen-bond donors (Lipinski definition) is 1. The number of benzene rings is 1. The van der Waals surface area contributed by atoms with Crippen molar-refractivity contribution in [1.82, 2.24) is 9.78 Å². The van der Waals surface area contributed by atoms with Gasteiger partial charge in [0.2, 0.25) is 5.91 Å². The number of amides is 1. The van der Waals surface area contributed by atoms with Gasteiger partial charge in [0.05, 0.1) is 17.6 Å². The Bertz CT molecular complexity index is 594. The number of aryl methyl sites for hydroxylation is 1. The third-order valence-corrected chi connectivity index (χ3v) is 2.95. The molecule has 1 N–H and O–H groups in total. The van der Waals surface area contributed by atoms with E-state index < -0.39 is 0 Å². The number of hydrogen-bond acceptors (Lipinski definition) is 2. The number of carbonyl (C=O) groups excluding carboxylic acids is 1. The summed E-state index contributed by atoms with van der Waals surface area (Å²) in [4.78, 5) is 12.1. The van der Waals surface area contributed by atoms with E-state index in [1.807, 2.05) is 58.2 Å². The molecule has 1 aromatic carbocycles. The summed E-state index contributed by atoms with van der Waals surface area (Å²) in [5.74, 6) is 0.0164. The SMILES string of the molecule is Cn1ncc(NC(=O)CC(C)(C)C)c1-c1ccccc1. The van der Waals surface area contributed by atoms with Gasteiger partial charge in [0, 0.05) is 19.0 Å². The van der Waals surface area contributed by atoms with Gasteiger partial charge in [-0.15, -0.1) is 0 Å². The van der Waals surface area contributed by atoms with Gasteiger partial charge in [-0.2, -0.15) is 5.10 Å². The third kappa shape index (κ3) is 3.47. The molecule has 1 aromatic heterocycles. The van der Waals surface area contributed by atoms with Gasteiger partial charge in [-0.1, -0.05) is 51.1 Å². The first-order chi connectivity index (χ1) is 9.37. The second-order valence-corrected chi connectivity index (χ2v) is 6.18. The molecule has 20 heavy (non-hydrogen) atoms. The first-order valence-corrected chi connectivity index (χ1v) is 6.74. The van der Waals surface area contributed by atoms with Crippen LogP contribution < -0.4 is 5.32 Å². The number of anilines is 1. The van der Waals surface area contributed by atoms with Crippen LogP contribution in [0.4, 0.5) is 5.69 Å². The molecule has 1 amide bonds. The minimum absolute atomic E-state index is 0.0164. The molecule has 0 unspecified atom stereocenters. The molecule has 0 bridgehead atoms. The van der Waals surface area contributed by atoms with E-state index >= 15 is 0 Å². The molecule has 2 aromatic rings. The van der Waals surface area contributed by atoms with Crippen molar-refractivity contribution in [3.63, 3.8) is 0 Å². The zero-order valence-corrected chi connectivity index (χ0v) is 12.5. The molecule has 1 heterocycles. The summed E-state index contributed by atoms with van der Waals surface area (Å²) in [5, 5.41) is 7.21. The molecular formula is C16H21N3O. The summed E-state index contributed by atoms with van der Waals surface area (Å²) in [6.07, 6.45) is 2.18. The number of aromatic nitrogens is 2. The molecule has 4 heteroatoms. The summed E-state index contributed by atoms with van der Waals surface area (Å²) in [7, 11) is 1.88. The Morgan fingerprint density at radius 2 is 1.90 bits per heavy atom. The molecule has 106 valence electrons. The Morgan fingerprint density at radius 1 is 1.25 bits per heavy atom. The number of nitrogens with zero attached hydrogens (tertiary/aromatic N) is 2. The van der Waals surface area contributed by atoms with Crippen molar-refractivity contribution < 1.29 is 4.79 Å². The maximum absolute atomic E-state index is 12.1. The van der Waals surface area contributed by atoms with Gasteiger partial charge in [-0.05, 0) is 5.41 Å². The van der Waals surface area contributed by atoms with Crippen LogP contribution in [0.25, 0.3) is 11.3 Å². The average Bonchev–Trinajstić information content (AvgIpc) is 2.69. The fourth-order valence-electron chi connectivity index (χ4n) is 2.14. The smallest absolute Gasteiger partial charge is 0.224 e. The van der Waals surface area contributed by atoms with Crippen molar-refractivity contribution in [2.45, 2.75) is 27.2 Å². The van der Waals surface area contributed by atoms with Gasteiger partial charge in [-0.3, -0.25) is 9.48 Å². The quantitative estimate of drug-likeness (QED) is 0.929. The van der Waals surface area contributed by atoms with Gasteiger partial charge in [0.1, 0.15) is 0 Å². The summed E-state index contributed by atoms with van der Waals surface area (Å²) in [6, 6.07) is 9.94. The lowest BCUT2D eigenvalue weighted by molar-refractivity contribution is -0.117. The van der Waals surface area contributed by atoms with Crippen LogP contribution in [0.5, 0.6) is 0 Å². The molecule has 4 nitrogen and oxygen atoms in total. The lowest BCUT2D eigenvalue weighted by atomic mass is 9.92. The van der Waals surface area contributed by atoms with E-state index in [4.69, 9.17) is 0 Å². The predicted molar refractivity (Wildman–Crippen MR) is 81.3 cm³/mol. The van der Waals surface area contributed by atoms with Gasteiger partial charge in [-0.25, -0.2) is 0 Å². The highest BCUT2D eigenvalue weighted by Gasteiger charge is 2.18. The van der Waals surface area contributed by atoms with Gasteiger partial charge in [0.15, 0.2) is 0 Å². The van der Waals surface area contributed by atoms with Gasteiger partial charge >= 0.3 is 0 Å². The van der Waals surface area contributed by atoms with Gasteiger partial charge in [0.25, 0.3) is 0 Å². The third-order valence-electron chi connectivity index (χ3n) is 2.95. The van der Waals surface area contributed by atoms with Crippen LogP contribution in [0.15, 0.2) is 36.5 Å². The fourth-order valence-corrected chi connectivity index (χ4v) is 2.14. The van der Waals surface area contributed by atoms with Crippen LogP contribution in [0.3, 0.4) is 0 Å². The summed E-state index contributed by atoms with van der Waals surface area (Å²) in [5.41, 5.74) is 2.69. The van der Waals surface area contributed by atoms with Crippen molar-refractivity contribution in [1.29, 1.82) is 0 Å². The molecule has 0 aliphatic heterocycles. The molecule has 0 aliphatic carbocycles. The topological polar surface area (TPSA) is 46.9 Å². The number of rotatable bonds is 3. The highest BCUT2D eigenvalue weighted by Crippen LogP contribution is 2.28. The monoisotopic (exact) mass is 271 g/mol. The number of nitrogens with one attached hydrogen (secondary N) is 1. The largest absolute Gasteiger partial charge is 0.323 e. The van der Waals surface area contributed by atoms with E-state index in [1.54, 1.807) is 10.9 Å². The van der Waals surface area contributed by atoms with Crippen LogP contribution in [0, 0.1) is 5.41 Å². The first-order valence-electron chi connectivity index (χ1n) is 6.74. The second kappa shape index (κ2) is 5.49. The van der Waals surface area contributed by atoms with E-state index in [1.165, 1.54) is 0 Å². The molecule has 0 spiro atoms. The van der Waals surface area contributed by atoms with Crippen LogP contribution in [0.2, 0.25) is 0 Å². The van der Waals surface area contributed by atoms with E-state index in [0.717, 1.165) is 16.9 Å². The lowest BCUT2D eigenvalue weighted by Gasteiger charge is -2.17. The fraction of sp³-hybridized carbons (Fsp3) is 0.375. The predicted octanol–water partition coefficient (Wildman–Crippen LogP) is 3.46. The van der Waals surface area contributed by atoms with Gasteiger partial charge < -0.3 is 5.32 Å². The highest BCUT2D eigenvalue weighted by atomic mass is 16.1. The van der Waals surface area contributed by atoms with Crippen LogP contribution >= 0.6 is 0 Å². The molecule has 0 radical (unpaired) electrons. The minimum Gasteiger partial charge on any atom is -0.323 e. The van der Waals surface area contributed by atoms with Crippen LogP contribution in [-0.4, -0.2) is 15.7 Å². The van der Waals surface area contributed by atoms with E-state index in [-0.39, 0.29) is 11.3 Å². The number of carbonyl (C=O) groups is 1. The maximum Gasteiger partial charge on any atom is 0.224 e. The summed E-state index contributed by atoms with van der Waals surface area (Å²) >= 11 is 0. The zero-order valence-electron chi connectivity index (χ0n) is 12.5. The standard InChI is InChI=1S/C16H21N3O/c1-16(2,3)10-14(20)18-13-11-17-19(4)15(13)12-8-6-5-7-9-12/h5-9,11H,10H2,1-4H3,(H,18,20). The Kier molecular flexibility index (Phi) is 3.93. The van der Waals surface area contributed by atoms with Crippen molar-refractivity contribution in [3.05, 3.63) is 36.5 Å². The molecule has 0 saturated carbocycles. The Hall–Kier alpha value is -2.10. The molecule has 2 rings (SSSR count). The van der Waals surface area contributed by atoms with Crippen LogP contribution in [-0.2, 0) is 11.8 Å². The Morgan fingerprint density at radius 3 is 2.50 bits per heavy atom. The van der Waals surface area contributed by atoms with Crippen molar-refractivity contribution in [3.8, 4) is 11.3 Å². The first kappa shape index (κ1) is 14.3. The maximum atomic E-state index is 12.1. The molecule has 0 aliphatic rings. The molecule has 0 saturated heterocycles. The highest BCUT2D eigenvalue weighted by molar-refractivity contribution is 5.94. The van der Waals surface area contributed by atoms with Crippen molar-refractivity contribution in [2.75, 3.05) is 5.32 Å². The van der Waals surface area contributed by atoms with Crippen molar-refractivity contribution in [2.24, 2.45) is 12.5 Å². The summed E-state index contributed by atoms with van der Waals surface area (Å²) in [6.45, 7) is 6.15. The average molecular weight is 271 g/mol. The molecular weight excluding hydrogens is 250 g/mol. The normalized spacial score (nSPS) is 11.4. The zero-order chi connectivity index (χ0) is 14.8. The molecule has 0 atom stereocenters. The Balaban J connectivity index is 2.24. The second-order valence-electron chi connectivity index (χ2n) is 6.18. The van der Waals surface area contributed by atoms with Crippen molar-refractivity contribution >= 4 is 11.6 Å². The van der Waals surface area contributed by atoms with E-state index in [2.05, 4.69) is 10.4 Å². The minimum atomic E-state index is -0.0286. The summed E-state index contributed by atoms with van der Waals surface area (Å²) < 4.78 is 1.78. The van der Waals surface area contributed by atoms with E-state index in [9.17, 15) is 4.79 Å². The van der Waals surface area contributed by atoms with E-state index in [0.29, 0.717) is 6.42 Å².